The third-order valence-electron chi connectivity index (χ3n) is 2.11. The van der Waals surface area contributed by atoms with Crippen molar-refractivity contribution in [1.82, 2.24) is 3.71 Å². The summed E-state index contributed by atoms with van der Waals surface area (Å²) in [6.45, 7) is 3.06. The second-order valence-electron chi connectivity index (χ2n) is 3.34. The van der Waals surface area contributed by atoms with Gasteiger partial charge in [0, 0.05) is 0 Å². The number of hydrogen-bond donors (Lipinski definition) is 1. The Kier molecular flexibility index (Phi) is 20.7. The van der Waals surface area contributed by atoms with Crippen LogP contribution in [0, 0.1) is 0 Å². The van der Waals surface area contributed by atoms with E-state index in [-0.39, 0.29) is 36.8 Å². The summed E-state index contributed by atoms with van der Waals surface area (Å²) in [6, 6.07) is -0.209. The molecule has 0 saturated heterocycles. The predicted molar refractivity (Wildman–Crippen MR) is 86.7 cm³/mol. The Morgan fingerprint density at radius 2 is 1.78 bits per heavy atom. The van der Waals surface area contributed by atoms with E-state index in [0.29, 0.717) is 13.2 Å². The molecule has 0 aliphatic rings. The molecule has 0 saturated carbocycles. The standard InChI is InChI=1S/C10H22N2O2S2.2ClH/c1-9(12(15-2)16-3)10(13)14-8-6-4-5-7-11;;/h9H,4-8,11H2,1-3H3;2*1H. The molecule has 2 N–H and O–H groups in total. The molecule has 1 unspecified atom stereocenters. The molecular formula is C10H24Cl2N2O2S2. The van der Waals surface area contributed by atoms with Crippen LogP contribution in [0.5, 0.6) is 0 Å². The summed E-state index contributed by atoms with van der Waals surface area (Å²) in [5, 5.41) is 0. The Morgan fingerprint density at radius 3 is 2.22 bits per heavy atom. The van der Waals surface area contributed by atoms with Crippen LogP contribution in [0.15, 0.2) is 0 Å². The summed E-state index contributed by atoms with van der Waals surface area (Å²) in [6.07, 6.45) is 6.80. The van der Waals surface area contributed by atoms with Gasteiger partial charge in [0.1, 0.15) is 6.04 Å². The number of carbonyl (C=O) groups is 1. The van der Waals surface area contributed by atoms with Gasteiger partial charge >= 0.3 is 5.97 Å². The highest BCUT2D eigenvalue weighted by molar-refractivity contribution is 8.11. The van der Waals surface area contributed by atoms with Gasteiger partial charge in [-0.05, 0) is 45.2 Å². The van der Waals surface area contributed by atoms with Crippen molar-refractivity contribution >= 4 is 54.7 Å². The molecule has 8 heteroatoms. The van der Waals surface area contributed by atoms with Crippen LogP contribution in [0.4, 0.5) is 0 Å². The molecule has 0 rings (SSSR count). The summed E-state index contributed by atoms with van der Waals surface area (Å²) in [5.74, 6) is -0.156. The van der Waals surface area contributed by atoms with E-state index in [1.165, 1.54) is 23.9 Å². The Balaban J connectivity index is -0.00000112. The lowest BCUT2D eigenvalue weighted by molar-refractivity contribution is -0.146. The van der Waals surface area contributed by atoms with Gasteiger partial charge in [-0.15, -0.1) is 24.8 Å². The number of nitrogens with two attached hydrogens (primary N) is 1. The van der Waals surface area contributed by atoms with Crippen molar-refractivity contribution in [2.45, 2.75) is 32.2 Å². The van der Waals surface area contributed by atoms with Gasteiger partial charge in [-0.3, -0.25) is 4.79 Å². The zero-order chi connectivity index (χ0) is 12.4. The number of carbonyl (C=O) groups excluding carboxylic acids is 1. The highest BCUT2D eigenvalue weighted by Gasteiger charge is 2.21. The highest BCUT2D eigenvalue weighted by Crippen LogP contribution is 2.21. The number of ether oxygens (including phenoxy) is 1. The molecule has 0 aromatic heterocycles. The summed E-state index contributed by atoms with van der Waals surface area (Å²) >= 11 is 3.07. The second kappa shape index (κ2) is 15.7. The zero-order valence-corrected chi connectivity index (χ0v) is 14.4. The van der Waals surface area contributed by atoms with Gasteiger partial charge in [0.05, 0.1) is 6.61 Å². The number of hydrogen-bond acceptors (Lipinski definition) is 6. The smallest absolute Gasteiger partial charge is 0.325 e. The van der Waals surface area contributed by atoms with Crippen molar-refractivity contribution in [3.05, 3.63) is 0 Å². The SMILES string of the molecule is CSN(SC)C(C)C(=O)OCCCCCN.Cl.Cl. The number of rotatable bonds is 9. The molecule has 0 aromatic rings. The van der Waals surface area contributed by atoms with Crippen LogP contribution in [0.25, 0.3) is 0 Å². The van der Waals surface area contributed by atoms with Crippen LogP contribution in [0.3, 0.4) is 0 Å². The first-order chi connectivity index (χ1) is 7.67. The van der Waals surface area contributed by atoms with E-state index in [4.69, 9.17) is 10.5 Å². The lowest BCUT2D eigenvalue weighted by Crippen LogP contribution is -2.31. The monoisotopic (exact) mass is 338 g/mol. The molecule has 0 spiro atoms. The fourth-order valence-electron chi connectivity index (χ4n) is 1.19. The van der Waals surface area contributed by atoms with Crippen molar-refractivity contribution in [3.8, 4) is 0 Å². The topological polar surface area (TPSA) is 55.6 Å². The van der Waals surface area contributed by atoms with E-state index >= 15 is 0 Å². The lowest BCUT2D eigenvalue weighted by atomic mass is 10.2. The van der Waals surface area contributed by atoms with E-state index in [0.717, 1.165) is 19.3 Å². The number of esters is 1. The van der Waals surface area contributed by atoms with Gasteiger partial charge in [-0.25, -0.2) is 0 Å². The van der Waals surface area contributed by atoms with E-state index < -0.39 is 0 Å². The third-order valence-corrected chi connectivity index (χ3v) is 4.36. The second-order valence-corrected chi connectivity index (χ2v) is 5.09. The minimum absolute atomic E-state index is 0. The molecule has 0 fully saturated rings. The first kappa shape index (κ1) is 23.7. The van der Waals surface area contributed by atoms with Crippen LogP contribution in [0.2, 0.25) is 0 Å². The molecule has 0 aliphatic carbocycles. The number of halogens is 2. The summed E-state index contributed by atoms with van der Waals surface area (Å²) in [7, 11) is 0. The Morgan fingerprint density at radius 1 is 1.22 bits per heavy atom. The fraction of sp³-hybridized carbons (Fsp3) is 0.900. The molecule has 112 valence electrons. The van der Waals surface area contributed by atoms with Gasteiger partial charge in [-0.1, -0.05) is 23.9 Å². The Hall–Kier alpha value is 0.670. The van der Waals surface area contributed by atoms with Crippen LogP contribution in [0.1, 0.15) is 26.2 Å². The first-order valence-electron chi connectivity index (χ1n) is 5.41. The van der Waals surface area contributed by atoms with Gasteiger partial charge in [0.2, 0.25) is 0 Å². The third kappa shape index (κ3) is 10.6. The average Bonchev–Trinajstić information content (AvgIpc) is 2.30. The van der Waals surface area contributed by atoms with Gasteiger partial charge in [0.25, 0.3) is 0 Å². The maximum atomic E-state index is 11.6. The quantitative estimate of drug-likeness (QED) is 0.396. The first-order valence-corrected chi connectivity index (χ1v) is 7.77. The molecular weight excluding hydrogens is 315 g/mol. The van der Waals surface area contributed by atoms with Gasteiger partial charge in [-0.2, -0.15) is 3.71 Å². The lowest BCUT2D eigenvalue weighted by Gasteiger charge is -2.21. The van der Waals surface area contributed by atoms with E-state index in [9.17, 15) is 4.79 Å². The van der Waals surface area contributed by atoms with Crippen LogP contribution < -0.4 is 5.73 Å². The van der Waals surface area contributed by atoms with Crippen LogP contribution in [-0.2, 0) is 9.53 Å². The minimum Gasteiger partial charge on any atom is -0.464 e. The summed E-state index contributed by atoms with van der Waals surface area (Å²) in [4.78, 5) is 11.6. The van der Waals surface area contributed by atoms with Gasteiger partial charge in [0.15, 0.2) is 0 Å². The fourth-order valence-corrected chi connectivity index (χ4v) is 2.59. The van der Waals surface area contributed by atoms with Crippen molar-refractivity contribution in [1.29, 1.82) is 0 Å². The Bertz CT molecular complexity index is 199. The number of unbranched alkanes of at least 4 members (excludes halogenated alkanes) is 2. The summed E-state index contributed by atoms with van der Waals surface area (Å²) in [5.41, 5.74) is 5.37. The van der Waals surface area contributed by atoms with E-state index in [2.05, 4.69) is 0 Å². The zero-order valence-electron chi connectivity index (χ0n) is 11.1. The Labute approximate surface area is 131 Å². The van der Waals surface area contributed by atoms with Crippen molar-refractivity contribution < 1.29 is 9.53 Å². The normalized spacial score (nSPS) is 11.4. The molecule has 1 atom stereocenters. The van der Waals surface area contributed by atoms with Gasteiger partial charge < -0.3 is 10.5 Å². The molecule has 18 heavy (non-hydrogen) atoms. The summed E-state index contributed by atoms with van der Waals surface area (Å²) < 4.78 is 7.11. The molecule has 0 bridgehead atoms. The van der Waals surface area contributed by atoms with Crippen LogP contribution in [-0.4, -0.2) is 41.4 Å². The van der Waals surface area contributed by atoms with Crippen molar-refractivity contribution in [3.63, 3.8) is 0 Å². The molecule has 0 radical (unpaired) electrons. The number of nitrogens with zero attached hydrogens (tertiary/aromatic N) is 1. The van der Waals surface area contributed by atoms with E-state index in [1.54, 1.807) is 0 Å². The molecule has 0 aromatic carbocycles. The maximum Gasteiger partial charge on any atom is 0.325 e. The average molecular weight is 339 g/mol. The predicted octanol–water partition coefficient (Wildman–Crippen LogP) is 2.75. The highest BCUT2D eigenvalue weighted by atomic mass is 35.5. The molecule has 0 aliphatic heterocycles. The van der Waals surface area contributed by atoms with Crippen molar-refractivity contribution in [2.24, 2.45) is 5.73 Å². The van der Waals surface area contributed by atoms with Crippen LogP contribution >= 0.6 is 48.7 Å². The minimum atomic E-state index is -0.209. The van der Waals surface area contributed by atoms with Crippen molar-refractivity contribution in [2.75, 3.05) is 25.7 Å². The molecule has 4 nitrogen and oxygen atoms in total. The largest absolute Gasteiger partial charge is 0.464 e. The maximum absolute atomic E-state index is 11.6. The van der Waals surface area contributed by atoms with E-state index in [1.807, 2.05) is 23.1 Å². The molecule has 0 heterocycles. The molecule has 0 amide bonds.